The molecule has 11 heteroatoms. The highest BCUT2D eigenvalue weighted by molar-refractivity contribution is 6.30. The first-order valence-corrected chi connectivity index (χ1v) is 13.6. The minimum atomic E-state index is -0.932. The molecule has 3 aromatic rings. The van der Waals surface area contributed by atoms with Gasteiger partial charge >= 0.3 is 0 Å². The third kappa shape index (κ3) is 9.07. The third-order valence-corrected chi connectivity index (χ3v) is 6.68. The highest BCUT2D eigenvalue weighted by atomic mass is 35.5. The average molecular weight is 582 g/mol. The van der Waals surface area contributed by atoms with Gasteiger partial charge in [0.25, 0.3) is 0 Å². The summed E-state index contributed by atoms with van der Waals surface area (Å²) >= 11 is 11.8. The van der Waals surface area contributed by atoms with Crippen LogP contribution in [0.4, 0.5) is 0 Å². The van der Waals surface area contributed by atoms with Crippen LogP contribution in [0.2, 0.25) is 10.0 Å². The van der Waals surface area contributed by atoms with Crippen LogP contribution in [0, 0.1) is 0 Å². The molecule has 2 N–H and O–H groups in total. The summed E-state index contributed by atoms with van der Waals surface area (Å²) in [6.07, 6.45) is 7.57. The summed E-state index contributed by atoms with van der Waals surface area (Å²) in [5, 5.41) is 6.51. The van der Waals surface area contributed by atoms with Crippen LogP contribution < -0.4 is 15.4 Å². The van der Waals surface area contributed by atoms with Crippen molar-refractivity contribution in [2.75, 3.05) is 19.6 Å². The Hall–Kier alpha value is -3.95. The predicted octanol–water partition coefficient (Wildman–Crippen LogP) is 3.71. The first kappa shape index (κ1) is 29.0. The maximum Gasteiger partial charge on any atom is 0.244 e. The van der Waals surface area contributed by atoms with Crippen LogP contribution in [-0.4, -0.2) is 64.4 Å². The number of likely N-dealkylation sites (tertiary alicyclic amines) is 1. The minimum absolute atomic E-state index is 0.162. The monoisotopic (exact) mass is 581 g/mol. The molecule has 40 heavy (non-hydrogen) atoms. The van der Waals surface area contributed by atoms with Crippen molar-refractivity contribution in [3.8, 4) is 5.88 Å². The number of hydrogen-bond acceptors (Lipinski definition) is 6. The molecular formula is C29H29Cl2N5O4. The Kier molecular flexibility index (Phi) is 10.5. The zero-order valence-corrected chi connectivity index (χ0v) is 23.1. The Morgan fingerprint density at radius 2 is 1.85 bits per heavy atom. The Balaban J connectivity index is 1.33. The minimum Gasteiger partial charge on any atom is -0.472 e. The molecule has 3 amide bonds. The normalized spacial score (nSPS) is 15.8. The van der Waals surface area contributed by atoms with Crippen LogP contribution in [0.3, 0.4) is 0 Å². The van der Waals surface area contributed by atoms with Crippen molar-refractivity contribution in [2.45, 2.75) is 31.4 Å². The molecule has 2 aromatic heterocycles. The van der Waals surface area contributed by atoms with Gasteiger partial charge in [0, 0.05) is 48.2 Å². The average Bonchev–Trinajstić information content (AvgIpc) is 2.97. The van der Waals surface area contributed by atoms with Crippen LogP contribution in [0.15, 0.2) is 73.1 Å². The Bertz CT molecular complexity index is 1320. The number of halogens is 2. The van der Waals surface area contributed by atoms with Crippen molar-refractivity contribution in [1.29, 1.82) is 0 Å². The Morgan fingerprint density at radius 3 is 2.58 bits per heavy atom. The summed E-state index contributed by atoms with van der Waals surface area (Å²) in [5.74, 6) is -0.738. The van der Waals surface area contributed by atoms with Crippen molar-refractivity contribution in [3.05, 3.63) is 94.4 Å². The predicted molar refractivity (Wildman–Crippen MR) is 153 cm³/mol. The van der Waals surface area contributed by atoms with Crippen molar-refractivity contribution >= 4 is 47.0 Å². The van der Waals surface area contributed by atoms with Gasteiger partial charge in [0.2, 0.25) is 23.6 Å². The summed E-state index contributed by atoms with van der Waals surface area (Å²) in [6.45, 7) is 0.731. The van der Waals surface area contributed by atoms with E-state index in [1.165, 1.54) is 12.3 Å². The lowest BCUT2D eigenvalue weighted by atomic mass is 10.1. The van der Waals surface area contributed by atoms with Gasteiger partial charge in [-0.15, -0.1) is 0 Å². The van der Waals surface area contributed by atoms with Gasteiger partial charge in [0.1, 0.15) is 12.1 Å². The first-order valence-electron chi connectivity index (χ1n) is 12.8. The topological polar surface area (TPSA) is 114 Å². The van der Waals surface area contributed by atoms with Gasteiger partial charge < -0.3 is 20.3 Å². The number of benzene rings is 1. The number of carbonyl (C=O) groups excluding carboxylic acids is 3. The van der Waals surface area contributed by atoms with E-state index in [0.29, 0.717) is 34.7 Å². The largest absolute Gasteiger partial charge is 0.472 e. The van der Waals surface area contributed by atoms with E-state index >= 15 is 0 Å². The number of amides is 3. The molecule has 0 saturated carbocycles. The number of aromatic nitrogens is 2. The summed E-state index contributed by atoms with van der Waals surface area (Å²) < 4.78 is 5.91. The third-order valence-electron chi connectivity index (χ3n) is 6.20. The van der Waals surface area contributed by atoms with Crippen molar-refractivity contribution in [2.24, 2.45) is 0 Å². The van der Waals surface area contributed by atoms with E-state index in [4.69, 9.17) is 27.9 Å². The van der Waals surface area contributed by atoms with Crippen LogP contribution in [-0.2, 0) is 20.8 Å². The lowest BCUT2D eigenvalue weighted by Crippen LogP contribution is -2.52. The SMILES string of the molecule is O=C(/C=C/c1ccc(Cl)cc1)NC(Cc1ccccn1)C(=O)NCC(=O)N1CCCC(Oc2ccc(Cl)cn2)C1. The number of rotatable bonds is 10. The van der Waals surface area contributed by atoms with Gasteiger partial charge in [-0.3, -0.25) is 19.4 Å². The highest BCUT2D eigenvalue weighted by Crippen LogP contribution is 2.18. The van der Waals surface area contributed by atoms with Gasteiger partial charge in [0.05, 0.1) is 18.1 Å². The molecule has 0 spiro atoms. The second-order valence-corrected chi connectivity index (χ2v) is 10.1. The second-order valence-electron chi connectivity index (χ2n) is 9.23. The summed E-state index contributed by atoms with van der Waals surface area (Å²) in [5.41, 5.74) is 1.41. The maximum atomic E-state index is 13.1. The highest BCUT2D eigenvalue weighted by Gasteiger charge is 2.27. The molecule has 1 saturated heterocycles. The lowest BCUT2D eigenvalue weighted by Gasteiger charge is -2.32. The van der Waals surface area contributed by atoms with E-state index < -0.39 is 17.9 Å². The zero-order chi connectivity index (χ0) is 28.3. The number of nitrogens with zero attached hydrogens (tertiary/aromatic N) is 3. The molecule has 208 valence electrons. The fourth-order valence-corrected chi connectivity index (χ4v) is 4.40. The smallest absolute Gasteiger partial charge is 0.244 e. The number of hydrogen-bond donors (Lipinski definition) is 2. The molecular weight excluding hydrogens is 553 g/mol. The van der Waals surface area contributed by atoms with Crippen LogP contribution >= 0.6 is 23.2 Å². The molecule has 3 heterocycles. The Morgan fingerprint density at radius 1 is 1.05 bits per heavy atom. The summed E-state index contributed by atoms with van der Waals surface area (Å²) in [4.78, 5) is 48.8. The molecule has 1 aromatic carbocycles. The van der Waals surface area contributed by atoms with E-state index in [1.807, 2.05) is 0 Å². The molecule has 1 aliphatic heterocycles. The van der Waals surface area contributed by atoms with Crippen LogP contribution in [0.5, 0.6) is 5.88 Å². The molecule has 1 aliphatic rings. The molecule has 2 atom stereocenters. The van der Waals surface area contributed by atoms with Gasteiger partial charge in [-0.25, -0.2) is 4.98 Å². The fourth-order valence-electron chi connectivity index (χ4n) is 4.16. The van der Waals surface area contributed by atoms with Gasteiger partial charge in [-0.1, -0.05) is 41.4 Å². The molecule has 1 fully saturated rings. The number of pyridine rings is 2. The van der Waals surface area contributed by atoms with Gasteiger partial charge in [-0.2, -0.15) is 0 Å². The number of ether oxygens (including phenoxy) is 1. The zero-order valence-electron chi connectivity index (χ0n) is 21.6. The van der Waals surface area contributed by atoms with E-state index in [9.17, 15) is 14.4 Å². The number of nitrogens with one attached hydrogen (secondary N) is 2. The van der Waals surface area contributed by atoms with E-state index in [1.54, 1.807) is 71.8 Å². The molecule has 9 nitrogen and oxygen atoms in total. The van der Waals surface area contributed by atoms with Crippen LogP contribution in [0.25, 0.3) is 6.08 Å². The first-order chi connectivity index (χ1) is 19.4. The molecule has 2 unspecified atom stereocenters. The van der Waals surface area contributed by atoms with Crippen molar-refractivity contribution < 1.29 is 19.1 Å². The summed E-state index contributed by atoms with van der Waals surface area (Å²) in [7, 11) is 0. The van der Waals surface area contributed by atoms with Crippen molar-refractivity contribution in [1.82, 2.24) is 25.5 Å². The second kappa shape index (κ2) is 14.4. The summed E-state index contributed by atoms with van der Waals surface area (Å²) in [6, 6.07) is 14.8. The standard InChI is InChI=1S/C29H29Cl2N5O4/c30-21-9-6-20(7-10-21)8-12-26(37)35-25(16-23-4-1-2-14-32-23)29(39)34-18-28(38)36-15-3-5-24(19-36)40-27-13-11-22(31)17-33-27/h1-2,4,6-14,17,24-25H,3,5,15-16,18-19H2,(H,34,39)(H,35,37)/b12-8+. The molecule has 0 bridgehead atoms. The molecule has 0 radical (unpaired) electrons. The molecule has 0 aliphatic carbocycles. The lowest BCUT2D eigenvalue weighted by molar-refractivity contribution is -0.135. The van der Waals surface area contributed by atoms with E-state index in [2.05, 4.69) is 20.6 Å². The van der Waals surface area contributed by atoms with Crippen LogP contribution in [0.1, 0.15) is 24.1 Å². The maximum absolute atomic E-state index is 13.1. The van der Waals surface area contributed by atoms with Crippen molar-refractivity contribution in [3.63, 3.8) is 0 Å². The number of piperidine rings is 1. The Labute approximate surface area is 242 Å². The van der Waals surface area contributed by atoms with Gasteiger partial charge in [0.15, 0.2) is 0 Å². The number of carbonyl (C=O) groups is 3. The van der Waals surface area contributed by atoms with E-state index in [-0.39, 0.29) is 25.0 Å². The van der Waals surface area contributed by atoms with Gasteiger partial charge in [-0.05, 0) is 54.8 Å². The molecule has 4 rings (SSSR count). The fraction of sp³-hybridized carbons (Fsp3) is 0.276. The quantitative estimate of drug-likeness (QED) is 0.353. The van der Waals surface area contributed by atoms with E-state index in [0.717, 1.165) is 18.4 Å².